The highest BCUT2D eigenvalue weighted by Crippen LogP contribution is 2.29. The molecule has 2 aromatic carbocycles. The lowest BCUT2D eigenvalue weighted by Gasteiger charge is -2.26. The predicted octanol–water partition coefficient (Wildman–Crippen LogP) is 3.19. The molecule has 1 heterocycles. The van der Waals surface area contributed by atoms with Crippen LogP contribution in [0.4, 0.5) is 5.69 Å². The number of hydrogen-bond acceptors (Lipinski definition) is 4. The molecule has 1 saturated heterocycles. The Morgan fingerprint density at radius 2 is 1.84 bits per heavy atom. The molecule has 0 aromatic heterocycles. The maximum Gasteiger partial charge on any atom is 0.125 e. The fourth-order valence-corrected chi connectivity index (χ4v) is 3.38. The number of para-hydroxylation sites is 1. The molecule has 2 aromatic rings. The largest absolute Gasteiger partial charge is 0.492 e. The van der Waals surface area contributed by atoms with Gasteiger partial charge in [-0.3, -0.25) is 4.90 Å². The van der Waals surface area contributed by atoms with Gasteiger partial charge in [-0.15, -0.1) is 0 Å². The first-order valence-corrected chi connectivity index (χ1v) is 9.00. The Bertz CT molecular complexity index is 709. The lowest BCUT2D eigenvalue weighted by molar-refractivity contribution is 0.0321. The fraction of sp³-hybridized carbons (Fsp3) is 0.429. The van der Waals surface area contributed by atoms with Gasteiger partial charge < -0.3 is 15.2 Å². The molecule has 0 saturated carbocycles. The molecule has 4 nitrogen and oxygen atoms in total. The number of benzene rings is 2. The molecule has 2 N–H and O–H groups in total. The van der Waals surface area contributed by atoms with Crippen LogP contribution in [0.3, 0.4) is 0 Å². The third-order valence-corrected chi connectivity index (χ3v) is 4.69. The first-order valence-electron chi connectivity index (χ1n) is 9.00. The molecule has 1 aliphatic heterocycles. The van der Waals surface area contributed by atoms with Crippen LogP contribution in [0.15, 0.2) is 36.4 Å². The van der Waals surface area contributed by atoms with Gasteiger partial charge in [-0.2, -0.15) is 0 Å². The summed E-state index contributed by atoms with van der Waals surface area (Å²) in [4.78, 5) is 2.39. The summed E-state index contributed by atoms with van der Waals surface area (Å²) in [6, 6.07) is 12.4. The van der Waals surface area contributed by atoms with Crippen molar-refractivity contribution in [1.82, 2.24) is 4.90 Å². The van der Waals surface area contributed by atoms with Crippen LogP contribution in [0.25, 0.3) is 0 Å². The Kier molecular flexibility index (Phi) is 5.95. The Labute approximate surface area is 150 Å². The zero-order valence-corrected chi connectivity index (χ0v) is 15.3. The molecule has 0 bridgehead atoms. The maximum absolute atomic E-state index is 6.21. The molecular formula is C21H28N2O2. The van der Waals surface area contributed by atoms with Crippen LogP contribution in [0.5, 0.6) is 5.75 Å². The number of nitrogens with two attached hydrogens (primary N) is 1. The van der Waals surface area contributed by atoms with Gasteiger partial charge in [0.15, 0.2) is 0 Å². The van der Waals surface area contributed by atoms with Crippen molar-refractivity contribution in [1.29, 1.82) is 0 Å². The normalized spacial score (nSPS) is 15.3. The van der Waals surface area contributed by atoms with Gasteiger partial charge in [-0.25, -0.2) is 0 Å². The summed E-state index contributed by atoms with van der Waals surface area (Å²) in [6.07, 6.45) is 0.794. The van der Waals surface area contributed by atoms with Crippen LogP contribution in [0.1, 0.15) is 22.3 Å². The maximum atomic E-state index is 6.21. The van der Waals surface area contributed by atoms with Gasteiger partial charge in [0.2, 0.25) is 0 Å². The van der Waals surface area contributed by atoms with Gasteiger partial charge in [0.1, 0.15) is 12.4 Å². The molecule has 0 spiro atoms. The molecule has 25 heavy (non-hydrogen) atoms. The van der Waals surface area contributed by atoms with Crippen molar-refractivity contribution in [3.63, 3.8) is 0 Å². The summed E-state index contributed by atoms with van der Waals surface area (Å²) in [6.45, 7) is 9.50. The van der Waals surface area contributed by atoms with E-state index in [0.29, 0.717) is 6.61 Å². The molecule has 0 amide bonds. The average Bonchev–Trinajstić information content (AvgIpc) is 2.60. The van der Waals surface area contributed by atoms with E-state index in [0.717, 1.165) is 56.3 Å². The quantitative estimate of drug-likeness (QED) is 0.821. The zero-order chi connectivity index (χ0) is 17.6. The van der Waals surface area contributed by atoms with Crippen LogP contribution < -0.4 is 10.5 Å². The molecule has 4 heteroatoms. The van der Waals surface area contributed by atoms with Gasteiger partial charge in [0.25, 0.3) is 0 Å². The average molecular weight is 340 g/mol. The Balaban J connectivity index is 1.72. The molecule has 0 atom stereocenters. The minimum atomic E-state index is 0.696. The van der Waals surface area contributed by atoms with Crippen molar-refractivity contribution in [2.45, 2.75) is 20.3 Å². The first-order chi connectivity index (χ1) is 12.1. The summed E-state index contributed by atoms with van der Waals surface area (Å²) in [7, 11) is 0. The Hall–Kier alpha value is -2.04. The van der Waals surface area contributed by atoms with Crippen LogP contribution in [0, 0.1) is 13.8 Å². The highest BCUT2D eigenvalue weighted by atomic mass is 16.5. The van der Waals surface area contributed by atoms with E-state index in [2.05, 4.69) is 36.9 Å². The SMILES string of the molecule is Cc1cc(C)c(OCCN2CCOCC2)c(Cc2ccccc2N)c1. The summed E-state index contributed by atoms with van der Waals surface area (Å²) < 4.78 is 11.6. The molecule has 0 unspecified atom stereocenters. The van der Waals surface area contributed by atoms with E-state index < -0.39 is 0 Å². The third kappa shape index (κ3) is 4.74. The van der Waals surface area contributed by atoms with Crippen molar-refractivity contribution in [2.75, 3.05) is 45.2 Å². The molecule has 1 aliphatic rings. The van der Waals surface area contributed by atoms with E-state index in [1.165, 1.54) is 16.7 Å². The van der Waals surface area contributed by atoms with Crippen LogP contribution in [0.2, 0.25) is 0 Å². The topological polar surface area (TPSA) is 47.7 Å². The summed E-state index contributed by atoms with van der Waals surface area (Å²) in [5.41, 5.74) is 11.8. The summed E-state index contributed by atoms with van der Waals surface area (Å²) >= 11 is 0. The summed E-state index contributed by atoms with van der Waals surface area (Å²) in [5, 5.41) is 0. The predicted molar refractivity (Wildman–Crippen MR) is 102 cm³/mol. The summed E-state index contributed by atoms with van der Waals surface area (Å²) in [5.74, 6) is 1.00. The number of aryl methyl sites for hydroxylation is 2. The van der Waals surface area contributed by atoms with E-state index in [-0.39, 0.29) is 0 Å². The second kappa shape index (κ2) is 8.37. The number of ether oxygens (including phenoxy) is 2. The number of anilines is 1. The minimum absolute atomic E-state index is 0.696. The van der Waals surface area contributed by atoms with E-state index in [1.807, 2.05) is 18.2 Å². The van der Waals surface area contributed by atoms with Crippen molar-refractivity contribution < 1.29 is 9.47 Å². The standard InChI is InChI=1S/C21H28N2O2/c1-16-13-17(2)21(25-12-9-23-7-10-24-11-8-23)19(14-16)15-18-5-3-4-6-20(18)22/h3-6,13-14H,7-12,15,22H2,1-2H3. The fourth-order valence-electron chi connectivity index (χ4n) is 3.38. The monoisotopic (exact) mass is 340 g/mol. The van der Waals surface area contributed by atoms with Gasteiger partial charge in [-0.05, 0) is 36.6 Å². The number of nitrogens with zero attached hydrogens (tertiary/aromatic N) is 1. The number of nitrogen functional groups attached to an aromatic ring is 1. The lowest BCUT2D eigenvalue weighted by Crippen LogP contribution is -2.38. The van der Waals surface area contributed by atoms with E-state index in [1.54, 1.807) is 0 Å². The highest BCUT2D eigenvalue weighted by Gasteiger charge is 2.13. The first kappa shape index (κ1) is 17.8. The van der Waals surface area contributed by atoms with E-state index >= 15 is 0 Å². The van der Waals surface area contributed by atoms with Crippen molar-refractivity contribution in [3.05, 3.63) is 58.7 Å². The number of hydrogen-bond donors (Lipinski definition) is 1. The second-order valence-electron chi connectivity index (χ2n) is 6.75. The van der Waals surface area contributed by atoms with Crippen LogP contribution >= 0.6 is 0 Å². The lowest BCUT2D eigenvalue weighted by atomic mass is 9.98. The van der Waals surface area contributed by atoms with E-state index in [4.69, 9.17) is 15.2 Å². The zero-order valence-electron chi connectivity index (χ0n) is 15.3. The van der Waals surface area contributed by atoms with E-state index in [9.17, 15) is 0 Å². The molecule has 0 radical (unpaired) electrons. The molecule has 3 rings (SSSR count). The van der Waals surface area contributed by atoms with Gasteiger partial charge >= 0.3 is 0 Å². The smallest absolute Gasteiger partial charge is 0.125 e. The molecule has 1 fully saturated rings. The van der Waals surface area contributed by atoms with Crippen molar-refractivity contribution >= 4 is 5.69 Å². The van der Waals surface area contributed by atoms with Gasteiger partial charge in [-0.1, -0.05) is 35.9 Å². The molecule has 134 valence electrons. The Morgan fingerprint density at radius 3 is 2.60 bits per heavy atom. The number of rotatable bonds is 6. The third-order valence-electron chi connectivity index (χ3n) is 4.69. The Morgan fingerprint density at radius 1 is 1.08 bits per heavy atom. The van der Waals surface area contributed by atoms with Crippen molar-refractivity contribution in [2.24, 2.45) is 0 Å². The second-order valence-corrected chi connectivity index (χ2v) is 6.75. The van der Waals surface area contributed by atoms with Crippen LogP contribution in [-0.2, 0) is 11.2 Å². The van der Waals surface area contributed by atoms with Crippen LogP contribution in [-0.4, -0.2) is 44.4 Å². The van der Waals surface area contributed by atoms with Crippen molar-refractivity contribution in [3.8, 4) is 5.75 Å². The van der Waals surface area contributed by atoms with Gasteiger partial charge in [0, 0.05) is 31.7 Å². The molecule has 0 aliphatic carbocycles. The highest BCUT2D eigenvalue weighted by molar-refractivity contribution is 5.52. The van der Waals surface area contributed by atoms with Gasteiger partial charge in [0.05, 0.1) is 13.2 Å². The number of morpholine rings is 1. The minimum Gasteiger partial charge on any atom is -0.492 e. The molecular weight excluding hydrogens is 312 g/mol.